The molecule has 2 aromatic heterocycles. The fourth-order valence-corrected chi connectivity index (χ4v) is 4.31. The van der Waals surface area contributed by atoms with Crippen LogP contribution in [0.2, 0.25) is 0 Å². The molecule has 6 heteroatoms. The molecule has 1 atom stereocenters. The number of benzene rings is 2. The van der Waals surface area contributed by atoms with Gasteiger partial charge in [0.1, 0.15) is 0 Å². The van der Waals surface area contributed by atoms with Gasteiger partial charge in [0.15, 0.2) is 0 Å². The molecule has 0 saturated carbocycles. The Morgan fingerprint density at radius 3 is 2.61 bits per heavy atom. The summed E-state index contributed by atoms with van der Waals surface area (Å²) in [5, 5.41) is 12.4. The molecule has 1 aliphatic carbocycles. The number of fused-ring (bicyclic) bond motifs is 5. The van der Waals surface area contributed by atoms with Crippen molar-refractivity contribution in [1.82, 2.24) is 24.6 Å². The summed E-state index contributed by atoms with van der Waals surface area (Å²) in [6, 6.07) is 16.1. The highest BCUT2D eigenvalue weighted by atomic mass is 16.1. The third kappa shape index (κ3) is 2.21. The first-order valence-corrected chi connectivity index (χ1v) is 9.56. The van der Waals surface area contributed by atoms with Crippen LogP contribution in [0.25, 0.3) is 22.7 Å². The molecule has 2 heterocycles. The zero-order valence-electron chi connectivity index (χ0n) is 16.2. The summed E-state index contributed by atoms with van der Waals surface area (Å²) in [4.78, 5) is 13.8. The van der Waals surface area contributed by atoms with Gasteiger partial charge in [-0.15, -0.1) is 0 Å². The fourth-order valence-electron chi connectivity index (χ4n) is 4.31. The van der Waals surface area contributed by atoms with Gasteiger partial charge in [0.25, 0.3) is 11.3 Å². The maximum absolute atomic E-state index is 13.8. The molecule has 5 rings (SSSR count). The zero-order valence-corrected chi connectivity index (χ0v) is 16.2. The quantitative estimate of drug-likeness (QED) is 0.541. The van der Waals surface area contributed by atoms with Gasteiger partial charge in [-0.05, 0) is 47.9 Å². The van der Waals surface area contributed by atoms with Crippen LogP contribution in [0.3, 0.4) is 0 Å². The van der Waals surface area contributed by atoms with Crippen molar-refractivity contribution in [3.8, 4) is 16.9 Å². The van der Waals surface area contributed by atoms with Crippen LogP contribution in [-0.2, 0) is 11.8 Å². The van der Waals surface area contributed by atoms with Crippen LogP contribution >= 0.6 is 0 Å². The van der Waals surface area contributed by atoms with Crippen LogP contribution in [0.5, 0.6) is 0 Å². The summed E-state index contributed by atoms with van der Waals surface area (Å²) in [6.45, 7) is 6.33. The second kappa shape index (κ2) is 5.86. The lowest BCUT2D eigenvalue weighted by atomic mass is 9.69. The van der Waals surface area contributed by atoms with E-state index in [4.69, 9.17) is 0 Å². The van der Waals surface area contributed by atoms with Crippen molar-refractivity contribution in [3.63, 3.8) is 0 Å². The first-order chi connectivity index (χ1) is 13.5. The van der Waals surface area contributed by atoms with Crippen LogP contribution < -0.4 is 5.56 Å². The van der Waals surface area contributed by atoms with E-state index in [2.05, 4.69) is 41.5 Å². The van der Waals surface area contributed by atoms with Crippen LogP contribution in [0, 0.1) is 6.92 Å². The number of aryl methyl sites for hydroxylation is 1. The maximum Gasteiger partial charge on any atom is 0.263 e. The number of nitrogens with zero attached hydrogens (tertiary/aromatic N) is 5. The second-order valence-corrected chi connectivity index (χ2v) is 7.84. The molecule has 0 bridgehead atoms. The maximum atomic E-state index is 13.8. The van der Waals surface area contributed by atoms with Gasteiger partial charge in [0, 0.05) is 11.0 Å². The van der Waals surface area contributed by atoms with Crippen molar-refractivity contribution >= 4 is 5.78 Å². The highest BCUT2D eigenvalue weighted by Gasteiger charge is 2.39. The first-order valence-electron chi connectivity index (χ1n) is 9.56. The second-order valence-electron chi connectivity index (χ2n) is 7.84. The van der Waals surface area contributed by atoms with Gasteiger partial charge < -0.3 is 0 Å². The van der Waals surface area contributed by atoms with E-state index in [0.29, 0.717) is 5.78 Å². The van der Waals surface area contributed by atoms with E-state index < -0.39 is 0 Å². The molecule has 0 aliphatic heterocycles. The van der Waals surface area contributed by atoms with Crippen molar-refractivity contribution in [2.45, 2.75) is 39.0 Å². The van der Waals surface area contributed by atoms with E-state index >= 15 is 0 Å². The minimum Gasteiger partial charge on any atom is -0.268 e. The lowest BCUT2D eigenvalue weighted by Gasteiger charge is -2.35. The van der Waals surface area contributed by atoms with Gasteiger partial charge in [-0.1, -0.05) is 60.9 Å². The number of rotatable bonds is 2. The third-order valence-corrected chi connectivity index (χ3v) is 6.05. The Bertz CT molecular complexity index is 1270. The van der Waals surface area contributed by atoms with E-state index in [9.17, 15) is 4.79 Å². The monoisotopic (exact) mass is 371 g/mol. The standard InChI is InChI=1S/C22H21N5O/c1-4-22(3)13-15-7-5-6-8-17(15)19-18(22)20(28)26(21-23-24-25-27(19)21)16-11-9-14(2)10-12-16/h5-12H,4,13H2,1-3H3/t22-/m0/s1. The number of hydrogen-bond donors (Lipinski definition) is 0. The third-order valence-electron chi connectivity index (χ3n) is 6.05. The van der Waals surface area contributed by atoms with Gasteiger partial charge in [-0.25, -0.2) is 4.57 Å². The molecule has 140 valence electrons. The Labute approximate surface area is 162 Å². The van der Waals surface area contributed by atoms with E-state index in [1.54, 1.807) is 9.08 Å². The average molecular weight is 371 g/mol. The summed E-state index contributed by atoms with van der Waals surface area (Å²) >= 11 is 0. The minimum atomic E-state index is -0.284. The molecule has 1 aliphatic rings. The summed E-state index contributed by atoms with van der Waals surface area (Å²) in [5.41, 5.74) is 5.45. The van der Waals surface area contributed by atoms with Crippen LogP contribution in [0.15, 0.2) is 53.3 Å². The highest BCUT2D eigenvalue weighted by Crippen LogP contribution is 2.43. The summed E-state index contributed by atoms with van der Waals surface area (Å²) in [7, 11) is 0. The van der Waals surface area contributed by atoms with Crippen LogP contribution in [0.1, 0.15) is 37.0 Å². The first kappa shape index (κ1) is 16.9. The highest BCUT2D eigenvalue weighted by molar-refractivity contribution is 5.73. The van der Waals surface area contributed by atoms with Crippen molar-refractivity contribution < 1.29 is 0 Å². The van der Waals surface area contributed by atoms with Crippen molar-refractivity contribution in [3.05, 3.63) is 75.6 Å². The molecule has 6 nitrogen and oxygen atoms in total. The molecule has 28 heavy (non-hydrogen) atoms. The Hall–Kier alpha value is -3.28. The molecule has 0 fully saturated rings. The van der Waals surface area contributed by atoms with Gasteiger partial charge >= 0.3 is 0 Å². The number of hydrogen-bond acceptors (Lipinski definition) is 4. The Morgan fingerprint density at radius 1 is 1.11 bits per heavy atom. The topological polar surface area (TPSA) is 65.1 Å². The van der Waals surface area contributed by atoms with E-state index in [1.807, 2.05) is 43.3 Å². The van der Waals surface area contributed by atoms with Gasteiger partial charge in [0.05, 0.1) is 16.9 Å². The average Bonchev–Trinajstić information content (AvgIpc) is 3.18. The van der Waals surface area contributed by atoms with Gasteiger partial charge in [0.2, 0.25) is 0 Å². The van der Waals surface area contributed by atoms with Gasteiger partial charge in [-0.3, -0.25) is 4.79 Å². The molecule has 2 aromatic carbocycles. The van der Waals surface area contributed by atoms with Crippen molar-refractivity contribution in [1.29, 1.82) is 0 Å². The van der Waals surface area contributed by atoms with Crippen LogP contribution in [0.4, 0.5) is 0 Å². The van der Waals surface area contributed by atoms with Gasteiger partial charge in [-0.2, -0.15) is 4.52 Å². The zero-order chi connectivity index (χ0) is 19.5. The fraction of sp³-hybridized carbons (Fsp3) is 0.273. The summed E-state index contributed by atoms with van der Waals surface area (Å²) < 4.78 is 3.36. The summed E-state index contributed by atoms with van der Waals surface area (Å²) in [5.74, 6) is 0.433. The SMILES string of the molecule is CC[C@@]1(C)Cc2ccccc2-c2c1c(=O)n(-c1ccc(C)cc1)c1nnnn21. The molecule has 4 aromatic rings. The molecule has 0 radical (unpaired) electrons. The summed E-state index contributed by atoms with van der Waals surface area (Å²) in [6.07, 6.45) is 1.68. The van der Waals surface area contributed by atoms with E-state index in [1.165, 1.54) is 5.56 Å². The van der Waals surface area contributed by atoms with E-state index in [-0.39, 0.29) is 11.0 Å². The number of aromatic nitrogens is 5. The number of tetrazole rings is 1. The minimum absolute atomic E-state index is 0.0417. The van der Waals surface area contributed by atoms with Crippen molar-refractivity contribution in [2.24, 2.45) is 0 Å². The Morgan fingerprint density at radius 2 is 1.86 bits per heavy atom. The van der Waals surface area contributed by atoms with Crippen molar-refractivity contribution in [2.75, 3.05) is 0 Å². The lowest BCUT2D eigenvalue weighted by molar-refractivity contribution is 0.437. The molecule has 0 N–H and O–H groups in total. The Kier molecular flexibility index (Phi) is 3.53. The molecule has 0 saturated heterocycles. The molecule has 0 unspecified atom stereocenters. The predicted molar refractivity (Wildman–Crippen MR) is 108 cm³/mol. The normalized spacial score (nSPS) is 18.1. The predicted octanol–water partition coefficient (Wildman–Crippen LogP) is 3.47. The van der Waals surface area contributed by atoms with Crippen LogP contribution in [-0.4, -0.2) is 24.6 Å². The molecule has 0 spiro atoms. The van der Waals surface area contributed by atoms with E-state index in [0.717, 1.165) is 40.9 Å². The molecular weight excluding hydrogens is 350 g/mol. The lowest BCUT2D eigenvalue weighted by Crippen LogP contribution is -2.39. The largest absolute Gasteiger partial charge is 0.268 e. The Balaban J connectivity index is 1.96. The molecular formula is C22H21N5O. The molecule has 0 amide bonds. The smallest absolute Gasteiger partial charge is 0.263 e.